The zero-order valence-electron chi connectivity index (χ0n) is 11.0. The molecule has 0 unspecified atom stereocenters. The predicted molar refractivity (Wildman–Crippen MR) is 85.5 cm³/mol. The third kappa shape index (κ3) is 2.51. The third-order valence-electron chi connectivity index (χ3n) is 3.27. The number of hydrogen-bond donors (Lipinski definition) is 1. The van der Waals surface area contributed by atoms with E-state index in [2.05, 4.69) is 59.2 Å². The molecule has 0 saturated heterocycles. The molecule has 0 saturated carbocycles. The first-order chi connectivity index (χ1) is 9.17. The standard InChI is InChI=1S/C15H16N2S2/c1-15(2,13-4-3-8-19-13)10-17-14-11-6-9-18-12(11)5-7-16-14/h3-9H,10H2,1-2H3,(H,16,17). The highest BCUT2D eigenvalue weighted by molar-refractivity contribution is 7.17. The second kappa shape index (κ2) is 4.94. The van der Waals surface area contributed by atoms with Gasteiger partial charge in [0, 0.05) is 33.1 Å². The van der Waals surface area contributed by atoms with Crippen LogP contribution in [0.2, 0.25) is 0 Å². The topological polar surface area (TPSA) is 24.9 Å². The number of hydrogen-bond acceptors (Lipinski definition) is 4. The molecule has 3 rings (SSSR count). The monoisotopic (exact) mass is 288 g/mol. The SMILES string of the molecule is CC(C)(CNc1nccc2sccc12)c1cccs1. The Balaban J connectivity index is 1.81. The molecule has 0 aliphatic heterocycles. The summed E-state index contributed by atoms with van der Waals surface area (Å²) in [6.45, 7) is 5.41. The van der Waals surface area contributed by atoms with Gasteiger partial charge in [0.2, 0.25) is 0 Å². The van der Waals surface area contributed by atoms with Gasteiger partial charge in [-0.2, -0.15) is 0 Å². The molecule has 0 atom stereocenters. The quantitative estimate of drug-likeness (QED) is 0.749. The van der Waals surface area contributed by atoms with Gasteiger partial charge in [-0.05, 0) is 29.0 Å². The minimum Gasteiger partial charge on any atom is -0.369 e. The molecule has 4 heteroatoms. The van der Waals surface area contributed by atoms with Gasteiger partial charge in [-0.1, -0.05) is 19.9 Å². The van der Waals surface area contributed by atoms with Crippen molar-refractivity contribution in [1.29, 1.82) is 0 Å². The maximum atomic E-state index is 4.46. The fraction of sp³-hybridized carbons (Fsp3) is 0.267. The molecule has 1 N–H and O–H groups in total. The Labute approximate surface area is 121 Å². The van der Waals surface area contributed by atoms with E-state index in [1.165, 1.54) is 15.0 Å². The van der Waals surface area contributed by atoms with Crippen LogP contribution in [0.1, 0.15) is 18.7 Å². The number of anilines is 1. The summed E-state index contributed by atoms with van der Waals surface area (Å²) in [5.41, 5.74) is 0.119. The molecule has 0 fully saturated rings. The number of pyridine rings is 1. The van der Waals surface area contributed by atoms with Crippen LogP contribution < -0.4 is 5.32 Å². The number of nitrogens with one attached hydrogen (secondary N) is 1. The van der Waals surface area contributed by atoms with Crippen LogP contribution in [0, 0.1) is 0 Å². The minimum atomic E-state index is 0.119. The van der Waals surface area contributed by atoms with E-state index in [0.717, 1.165) is 12.4 Å². The molecule has 98 valence electrons. The zero-order chi connectivity index (χ0) is 13.3. The lowest BCUT2D eigenvalue weighted by atomic mass is 9.91. The summed E-state index contributed by atoms with van der Waals surface area (Å²) in [7, 11) is 0. The molecular weight excluding hydrogens is 272 g/mol. The van der Waals surface area contributed by atoms with Crippen LogP contribution in [0.3, 0.4) is 0 Å². The molecule has 19 heavy (non-hydrogen) atoms. The summed E-state index contributed by atoms with van der Waals surface area (Å²) < 4.78 is 1.28. The fourth-order valence-electron chi connectivity index (χ4n) is 2.09. The fourth-order valence-corrected chi connectivity index (χ4v) is 3.72. The van der Waals surface area contributed by atoms with Crippen molar-refractivity contribution in [1.82, 2.24) is 4.98 Å². The molecule has 0 aromatic carbocycles. The summed E-state index contributed by atoms with van der Waals surface area (Å²) in [5.74, 6) is 0.989. The Hall–Kier alpha value is -1.39. The number of fused-ring (bicyclic) bond motifs is 1. The highest BCUT2D eigenvalue weighted by Crippen LogP contribution is 2.30. The number of nitrogens with zero attached hydrogens (tertiary/aromatic N) is 1. The predicted octanol–water partition coefficient (Wildman–Crippen LogP) is 4.75. The molecule has 3 heterocycles. The zero-order valence-corrected chi connectivity index (χ0v) is 12.6. The first kappa shape index (κ1) is 12.6. The average Bonchev–Trinajstić information content (AvgIpc) is 3.07. The van der Waals surface area contributed by atoms with Crippen molar-refractivity contribution in [2.45, 2.75) is 19.3 Å². The van der Waals surface area contributed by atoms with Gasteiger partial charge in [0.15, 0.2) is 0 Å². The molecule has 0 amide bonds. The lowest BCUT2D eigenvalue weighted by Crippen LogP contribution is -2.26. The van der Waals surface area contributed by atoms with Crippen molar-refractivity contribution in [3.05, 3.63) is 46.1 Å². The van der Waals surface area contributed by atoms with Crippen molar-refractivity contribution in [3.63, 3.8) is 0 Å². The number of rotatable bonds is 4. The van der Waals surface area contributed by atoms with Gasteiger partial charge in [-0.15, -0.1) is 22.7 Å². The van der Waals surface area contributed by atoms with Crippen molar-refractivity contribution >= 4 is 38.6 Å². The summed E-state index contributed by atoms with van der Waals surface area (Å²) in [6.07, 6.45) is 1.87. The highest BCUT2D eigenvalue weighted by atomic mass is 32.1. The summed E-state index contributed by atoms with van der Waals surface area (Å²) in [5, 5.41) is 8.97. The Kier molecular flexibility index (Phi) is 3.29. The van der Waals surface area contributed by atoms with Gasteiger partial charge < -0.3 is 5.32 Å². The molecule has 0 spiro atoms. The van der Waals surface area contributed by atoms with E-state index in [-0.39, 0.29) is 5.41 Å². The Bertz CT molecular complexity index is 668. The maximum Gasteiger partial charge on any atom is 0.134 e. The van der Waals surface area contributed by atoms with Crippen molar-refractivity contribution < 1.29 is 0 Å². The first-order valence-corrected chi connectivity index (χ1v) is 8.03. The van der Waals surface area contributed by atoms with Gasteiger partial charge in [0.25, 0.3) is 0 Å². The van der Waals surface area contributed by atoms with Crippen molar-refractivity contribution in [3.8, 4) is 0 Å². The van der Waals surface area contributed by atoms with Crippen LogP contribution in [-0.4, -0.2) is 11.5 Å². The van der Waals surface area contributed by atoms with Gasteiger partial charge in [-0.3, -0.25) is 0 Å². The summed E-state index contributed by atoms with van der Waals surface area (Å²) in [6, 6.07) is 8.51. The van der Waals surface area contributed by atoms with E-state index in [1.54, 1.807) is 11.3 Å². The first-order valence-electron chi connectivity index (χ1n) is 6.27. The molecule has 0 radical (unpaired) electrons. The largest absolute Gasteiger partial charge is 0.369 e. The van der Waals surface area contributed by atoms with Crippen LogP contribution in [0.4, 0.5) is 5.82 Å². The Morgan fingerprint density at radius 2 is 2.05 bits per heavy atom. The summed E-state index contributed by atoms with van der Waals surface area (Å²) >= 11 is 3.57. The van der Waals surface area contributed by atoms with Crippen LogP contribution in [-0.2, 0) is 5.41 Å². The average molecular weight is 288 g/mol. The number of thiophene rings is 2. The van der Waals surface area contributed by atoms with Crippen LogP contribution in [0.25, 0.3) is 10.1 Å². The van der Waals surface area contributed by atoms with E-state index < -0.39 is 0 Å². The molecule has 0 aliphatic carbocycles. The smallest absolute Gasteiger partial charge is 0.134 e. The lowest BCUT2D eigenvalue weighted by molar-refractivity contribution is 0.568. The Morgan fingerprint density at radius 1 is 1.16 bits per heavy atom. The van der Waals surface area contributed by atoms with Crippen LogP contribution in [0.5, 0.6) is 0 Å². The van der Waals surface area contributed by atoms with E-state index >= 15 is 0 Å². The van der Waals surface area contributed by atoms with Gasteiger partial charge >= 0.3 is 0 Å². The second-order valence-corrected chi connectivity index (χ2v) is 7.10. The number of aromatic nitrogens is 1. The van der Waals surface area contributed by atoms with E-state index in [9.17, 15) is 0 Å². The van der Waals surface area contributed by atoms with E-state index in [0.29, 0.717) is 0 Å². The lowest BCUT2D eigenvalue weighted by Gasteiger charge is -2.24. The maximum absolute atomic E-state index is 4.46. The highest BCUT2D eigenvalue weighted by Gasteiger charge is 2.21. The Morgan fingerprint density at radius 3 is 2.84 bits per heavy atom. The molecule has 0 aliphatic rings. The van der Waals surface area contributed by atoms with E-state index in [1.807, 2.05) is 17.5 Å². The van der Waals surface area contributed by atoms with Gasteiger partial charge in [-0.25, -0.2) is 4.98 Å². The summed E-state index contributed by atoms with van der Waals surface area (Å²) in [4.78, 5) is 5.86. The van der Waals surface area contributed by atoms with Crippen molar-refractivity contribution in [2.75, 3.05) is 11.9 Å². The van der Waals surface area contributed by atoms with Crippen LogP contribution in [0.15, 0.2) is 41.2 Å². The van der Waals surface area contributed by atoms with E-state index in [4.69, 9.17) is 0 Å². The molecular formula is C15H16N2S2. The van der Waals surface area contributed by atoms with Gasteiger partial charge in [0.05, 0.1) is 0 Å². The van der Waals surface area contributed by atoms with Gasteiger partial charge in [0.1, 0.15) is 5.82 Å². The third-order valence-corrected chi connectivity index (χ3v) is 5.38. The molecule has 0 bridgehead atoms. The molecule has 3 aromatic rings. The minimum absolute atomic E-state index is 0.119. The van der Waals surface area contributed by atoms with Crippen LogP contribution >= 0.6 is 22.7 Å². The van der Waals surface area contributed by atoms with Crippen molar-refractivity contribution in [2.24, 2.45) is 0 Å². The molecule has 2 nitrogen and oxygen atoms in total. The second-order valence-electron chi connectivity index (χ2n) is 5.21. The molecule has 3 aromatic heterocycles. The normalized spacial score (nSPS) is 11.9.